The Morgan fingerprint density at radius 2 is 1.71 bits per heavy atom. The molecule has 0 bridgehead atoms. The summed E-state index contributed by atoms with van der Waals surface area (Å²) in [6.45, 7) is 0. The van der Waals surface area contributed by atoms with Gasteiger partial charge in [0.2, 0.25) is 5.95 Å². The highest BCUT2D eigenvalue weighted by atomic mass is 19.1. The molecule has 2 N–H and O–H groups in total. The van der Waals surface area contributed by atoms with Crippen molar-refractivity contribution >= 4 is 50.9 Å². The van der Waals surface area contributed by atoms with Gasteiger partial charge in [-0.2, -0.15) is 0 Å². The van der Waals surface area contributed by atoms with Gasteiger partial charge in [-0.25, -0.2) is 9.37 Å². The van der Waals surface area contributed by atoms with Gasteiger partial charge in [-0.05, 0) is 46.7 Å². The number of aliphatic hydroxyl groups is 1. The van der Waals surface area contributed by atoms with Crippen LogP contribution in [-0.2, 0) is 9.59 Å². The number of imidazole rings is 1. The number of hydrogen-bond acceptors (Lipinski definition) is 5. The molecule has 1 amide bonds. The minimum Gasteiger partial charge on any atom is -0.507 e. The Morgan fingerprint density at radius 3 is 2.47 bits per heavy atom. The zero-order chi connectivity index (χ0) is 26.6. The topological polar surface area (TPSA) is 89.5 Å². The van der Waals surface area contributed by atoms with Crippen LogP contribution in [0.15, 0.2) is 90.5 Å². The highest BCUT2D eigenvalue weighted by Gasteiger charge is 2.48. The van der Waals surface area contributed by atoms with Gasteiger partial charge in [0.25, 0.3) is 5.78 Å². The van der Waals surface area contributed by atoms with E-state index in [9.17, 15) is 19.1 Å². The first-order valence-electron chi connectivity index (χ1n) is 12.0. The van der Waals surface area contributed by atoms with Gasteiger partial charge in [-0.1, -0.05) is 54.6 Å². The molecule has 38 heavy (non-hydrogen) atoms. The second kappa shape index (κ2) is 8.85. The number of nitrogens with one attached hydrogen (secondary N) is 1. The number of amides is 1. The highest BCUT2D eigenvalue weighted by Crippen LogP contribution is 2.42. The number of aliphatic hydroxyl groups excluding tert-OH is 1. The number of carbonyl (C=O) groups is 2. The molecular weight excluding hydrogens is 483 g/mol. The van der Waals surface area contributed by atoms with Crippen LogP contribution in [0.4, 0.5) is 16.0 Å². The molecule has 1 atom stereocenters. The van der Waals surface area contributed by atoms with Gasteiger partial charge in [0.15, 0.2) is 0 Å². The Morgan fingerprint density at radius 1 is 0.974 bits per heavy atom. The van der Waals surface area contributed by atoms with Gasteiger partial charge < -0.3 is 15.0 Å². The van der Waals surface area contributed by atoms with E-state index in [-0.39, 0.29) is 17.3 Å². The van der Waals surface area contributed by atoms with Crippen LogP contribution in [0.25, 0.3) is 27.6 Å². The minimum absolute atomic E-state index is 0.0457. The summed E-state index contributed by atoms with van der Waals surface area (Å²) in [7, 11) is 3.82. The number of H-pyrrole nitrogens is 1. The molecule has 0 saturated carbocycles. The highest BCUT2D eigenvalue weighted by molar-refractivity contribution is 6.51. The molecule has 2 heterocycles. The molecule has 8 heteroatoms. The molecule has 5 aromatic rings. The summed E-state index contributed by atoms with van der Waals surface area (Å²) in [5.74, 6) is -2.31. The molecule has 0 spiro atoms. The van der Waals surface area contributed by atoms with Crippen molar-refractivity contribution in [3.8, 4) is 0 Å². The number of nitrogens with zero attached hydrogens (tertiary/aromatic N) is 3. The maximum Gasteiger partial charge on any atom is 0.302 e. The van der Waals surface area contributed by atoms with Crippen LogP contribution in [-0.4, -0.2) is 40.9 Å². The van der Waals surface area contributed by atoms with Crippen molar-refractivity contribution in [2.24, 2.45) is 0 Å². The van der Waals surface area contributed by atoms with E-state index < -0.39 is 23.5 Å². The van der Waals surface area contributed by atoms with Crippen LogP contribution in [0.3, 0.4) is 0 Å². The Kier molecular flexibility index (Phi) is 5.45. The lowest BCUT2D eigenvalue weighted by Crippen LogP contribution is -2.30. The SMILES string of the molecule is CN(C)c1ccc(C2/C(=C(\O)c3cccc4ccccc34)C(=O)C(=O)N2c2nc3ccc(F)cc3[nH]2)cc1. The van der Waals surface area contributed by atoms with Gasteiger partial charge in [0.1, 0.15) is 11.6 Å². The van der Waals surface area contributed by atoms with E-state index in [0.717, 1.165) is 16.5 Å². The lowest BCUT2D eigenvalue weighted by Gasteiger charge is -2.24. The molecule has 1 fully saturated rings. The predicted octanol–water partition coefficient (Wildman–Crippen LogP) is 5.55. The third-order valence-electron chi connectivity index (χ3n) is 6.87. The van der Waals surface area contributed by atoms with Crippen molar-refractivity contribution in [1.82, 2.24) is 9.97 Å². The standard InChI is InChI=1S/C30H23FN4O3/c1-34(2)20-13-10-18(11-14-20)26-25(27(36)22-9-5-7-17-6-3-4-8-21(17)22)28(37)29(38)35(26)30-32-23-15-12-19(31)16-24(23)33-30/h3-16,26,36H,1-2H3,(H,32,33)/b27-25+. The van der Waals surface area contributed by atoms with Crippen LogP contribution >= 0.6 is 0 Å². The number of ketones is 1. The third kappa shape index (κ3) is 3.69. The molecule has 6 rings (SSSR count). The molecule has 4 aromatic carbocycles. The number of anilines is 2. The largest absolute Gasteiger partial charge is 0.507 e. The van der Waals surface area contributed by atoms with E-state index in [2.05, 4.69) is 9.97 Å². The Balaban J connectivity index is 1.59. The lowest BCUT2D eigenvalue weighted by molar-refractivity contribution is -0.132. The molecule has 188 valence electrons. The number of aromatic nitrogens is 2. The fraction of sp³-hybridized carbons (Fsp3) is 0.100. The number of halogens is 1. The smallest absolute Gasteiger partial charge is 0.302 e. The van der Waals surface area contributed by atoms with Crippen molar-refractivity contribution in [3.63, 3.8) is 0 Å². The monoisotopic (exact) mass is 506 g/mol. The molecular formula is C30H23FN4O3. The second-order valence-corrected chi connectivity index (χ2v) is 9.40. The summed E-state index contributed by atoms with van der Waals surface area (Å²) in [6, 6.07) is 23.4. The predicted molar refractivity (Wildman–Crippen MR) is 146 cm³/mol. The second-order valence-electron chi connectivity index (χ2n) is 9.40. The summed E-state index contributed by atoms with van der Waals surface area (Å²) in [6.07, 6.45) is 0. The maximum atomic E-state index is 13.9. The van der Waals surface area contributed by atoms with Gasteiger partial charge in [-0.15, -0.1) is 0 Å². The van der Waals surface area contributed by atoms with Crippen LogP contribution in [0, 0.1) is 5.82 Å². The molecule has 0 radical (unpaired) electrons. The van der Waals surface area contributed by atoms with Crippen LogP contribution in [0.2, 0.25) is 0 Å². The van der Waals surface area contributed by atoms with Gasteiger partial charge in [0.05, 0.1) is 22.6 Å². The Bertz CT molecular complexity index is 1770. The summed E-state index contributed by atoms with van der Waals surface area (Å²) in [4.78, 5) is 37.7. The van der Waals surface area contributed by atoms with E-state index >= 15 is 0 Å². The first-order valence-corrected chi connectivity index (χ1v) is 12.0. The molecule has 1 saturated heterocycles. The number of aromatic amines is 1. The molecule has 0 aliphatic carbocycles. The first kappa shape index (κ1) is 23.4. The van der Waals surface area contributed by atoms with E-state index in [4.69, 9.17) is 0 Å². The van der Waals surface area contributed by atoms with E-state index in [1.807, 2.05) is 73.6 Å². The van der Waals surface area contributed by atoms with Crippen molar-refractivity contribution in [3.05, 3.63) is 107 Å². The van der Waals surface area contributed by atoms with Crippen LogP contribution in [0.5, 0.6) is 0 Å². The quantitative estimate of drug-likeness (QED) is 0.190. The van der Waals surface area contributed by atoms with E-state index in [0.29, 0.717) is 22.2 Å². The molecule has 1 aliphatic rings. The lowest BCUT2D eigenvalue weighted by atomic mass is 9.93. The van der Waals surface area contributed by atoms with Crippen LogP contribution in [0.1, 0.15) is 17.2 Å². The number of carbonyl (C=O) groups excluding carboxylic acids is 2. The van der Waals surface area contributed by atoms with E-state index in [1.54, 1.807) is 12.1 Å². The van der Waals surface area contributed by atoms with Gasteiger partial charge in [0, 0.05) is 25.3 Å². The number of fused-ring (bicyclic) bond motifs is 2. The maximum absolute atomic E-state index is 13.9. The Hall–Kier alpha value is -4.98. The summed E-state index contributed by atoms with van der Waals surface area (Å²) >= 11 is 0. The zero-order valence-corrected chi connectivity index (χ0v) is 20.6. The fourth-order valence-electron chi connectivity index (χ4n) is 4.98. The van der Waals surface area contributed by atoms with Crippen molar-refractivity contribution in [1.29, 1.82) is 0 Å². The first-order chi connectivity index (χ1) is 18.3. The summed E-state index contributed by atoms with van der Waals surface area (Å²) in [5.41, 5.74) is 2.78. The van der Waals surface area contributed by atoms with Gasteiger partial charge >= 0.3 is 5.91 Å². The average Bonchev–Trinajstić information content (AvgIpc) is 3.45. The van der Waals surface area contributed by atoms with Crippen molar-refractivity contribution in [2.75, 3.05) is 23.9 Å². The minimum atomic E-state index is -0.962. The van der Waals surface area contributed by atoms with Crippen molar-refractivity contribution < 1.29 is 19.1 Å². The van der Waals surface area contributed by atoms with Crippen molar-refractivity contribution in [2.45, 2.75) is 6.04 Å². The summed E-state index contributed by atoms with van der Waals surface area (Å²) in [5, 5.41) is 13.2. The average molecular weight is 507 g/mol. The molecule has 1 aliphatic heterocycles. The third-order valence-corrected chi connectivity index (χ3v) is 6.87. The molecule has 7 nitrogen and oxygen atoms in total. The fourth-order valence-corrected chi connectivity index (χ4v) is 4.98. The van der Waals surface area contributed by atoms with Gasteiger partial charge in [-0.3, -0.25) is 14.5 Å². The molecule has 1 aromatic heterocycles. The number of rotatable bonds is 4. The molecule has 1 unspecified atom stereocenters. The number of hydrogen-bond donors (Lipinski definition) is 2. The van der Waals surface area contributed by atoms with Crippen LogP contribution < -0.4 is 9.80 Å². The normalized spacial score (nSPS) is 17.0. The summed E-state index contributed by atoms with van der Waals surface area (Å²) < 4.78 is 13.9. The van der Waals surface area contributed by atoms with E-state index in [1.165, 1.54) is 23.1 Å². The number of Topliss-reactive ketones (excluding diaryl/α,β-unsaturated/α-hetero) is 1. The number of benzene rings is 4. The zero-order valence-electron chi connectivity index (χ0n) is 20.6. The Labute approximate surface area is 217 Å².